The van der Waals surface area contributed by atoms with E-state index in [1.807, 2.05) is 24.3 Å². The molecule has 2 aliphatic rings. The molecular formula is C15H29N5O2. The lowest BCUT2D eigenvalue weighted by molar-refractivity contribution is -0.208. The number of nitrogens with zero attached hydrogens (tertiary/aromatic N) is 3. The summed E-state index contributed by atoms with van der Waals surface area (Å²) < 4.78 is 5.36. The number of hydrogen-bond donors (Lipinski definition) is 2. The number of hydroxylamine groups is 3. The highest BCUT2D eigenvalue weighted by Crippen LogP contribution is 2.08. The van der Waals surface area contributed by atoms with Crippen LogP contribution in [0.1, 0.15) is 26.7 Å². The van der Waals surface area contributed by atoms with Crippen LogP contribution in [0.25, 0.3) is 0 Å². The molecule has 0 bridgehead atoms. The summed E-state index contributed by atoms with van der Waals surface area (Å²) >= 11 is 0. The molecule has 2 fully saturated rings. The smallest absolute Gasteiger partial charge is 0.0993 e. The summed E-state index contributed by atoms with van der Waals surface area (Å²) in [4.78, 5) is 12.5. The second-order valence-corrected chi connectivity index (χ2v) is 5.76. The minimum absolute atomic E-state index is 0.147. The van der Waals surface area contributed by atoms with E-state index in [-0.39, 0.29) is 6.17 Å². The highest BCUT2D eigenvalue weighted by Gasteiger charge is 2.17. The molecule has 126 valence electrons. The van der Waals surface area contributed by atoms with Gasteiger partial charge in [-0.25, -0.2) is 5.48 Å². The summed E-state index contributed by atoms with van der Waals surface area (Å²) in [7, 11) is 0. The maximum Gasteiger partial charge on any atom is 0.0993 e. The highest BCUT2D eigenvalue weighted by atomic mass is 16.8. The topological polar surface area (TPSA) is 75.4 Å². The summed E-state index contributed by atoms with van der Waals surface area (Å²) in [5, 5.41) is 1.91. The summed E-state index contributed by atoms with van der Waals surface area (Å²) in [6.07, 6.45) is 5.86. The van der Waals surface area contributed by atoms with E-state index in [1.54, 1.807) is 0 Å². The molecule has 1 unspecified atom stereocenters. The van der Waals surface area contributed by atoms with Crippen molar-refractivity contribution in [1.29, 1.82) is 0 Å². The molecule has 0 aromatic carbocycles. The van der Waals surface area contributed by atoms with Gasteiger partial charge in [-0.2, -0.15) is 10.0 Å². The number of ether oxygens (including phenoxy) is 1. The van der Waals surface area contributed by atoms with E-state index in [0.717, 1.165) is 57.9 Å². The molecule has 7 heteroatoms. The van der Waals surface area contributed by atoms with Crippen LogP contribution in [0.3, 0.4) is 0 Å². The fourth-order valence-electron chi connectivity index (χ4n) is 2.48. The molecular weight excluding hydrogens is 282 g/mol. The minimum atomic E-state index is 0.147. The second kappa shape index (κ2) is 9.22. The lowest BCUT2D eigenvalue weighted by Crippen LogP contribution is -2.42. The predicted molar refractivity (Wildman–Crippen MR) is 87.1 cm³/mol. The number of morpholine rings is 1. The Morgan fingerprint density at radius 3 is 2.64 bits per heavy atom. The first-order valence-electron chi connectivity index (χ1n) is 8.14. The van der Waals surface area contributed by atoms with E-state index >= 15 is 0 Å². The lowest BCUT2D eigenvalue weighted by atomic mass is 10.1. The van der Waals surface area contributed by atoms with Gasteiger partial charge in [0.15, 0.2) is 0 Å². The van der Waals surface area contributed by atoms with Gasteiger partial charge in [0.05, 0.1) is 25.1 Å². The summed E-state index contributed by atoms with van der Waals surface area (Å²) in [6.45, 7) is 9.21. The maximum atomic E-state index is 5.88. The van der Waals surface area contributed by atoms with Crippen LogP contribution in [0.4, 0.5) is 0 Å². The van der Waals surface area contributed by atoms with Crippen molar-refractivity contribution in [3.8, 4) is 0 Å². The largest absolute Gasteiger partial charge is 0.379 e. The van der Waals surface area contributed by atoms with Crippen LogP contribution in [-0.2, 0) is 9.68 Å². The minimum Gasteiger partial charge on any atom is -0.379 e. The molecule has 0 aliphatic carbocycles. The zero-order valence-electron chi connectivity index (χ0n) is 13.7. The Hall–Kier alpha value is -0.990. The van der Waals surface area contributed by atoms with Gasteiger partial charge >= 0.3 is 0 Å². The standard InChI is InChI=1S/C15H29N5O2/c1-3-15(18-22-20-6-4-14(16)5-7-20)12-17-13(2)19-8-10-21-11-9-19/h3,12-14,18H,4-11,16H2,1-2H3/b15-3+,17-12-. The molecule has 0 radical (unpaired) electrons. The maximum absolute atomic E-state index is 5.88. The SMILES string of the molecule is C/C=C(\C=N/C(C)N1CCOCC1)NON1CCC(N)CC1. The van der Waals surface area contributed by atoms with Gasteiger partial charge in [0, 0.05) is 38.4 Å². The van der Waals surface area contributed by atoms with Crippen LogP contribution in [0.15, 0.2) is 16.8 Å². The Morgan fingerprint density at radius 1 is 1.32 bits per heavy atom. The molecule has 0 saturated carbocycles. The molecule has 1 atom stereocenters. The molecule has 2 saturated heterocycles. The van der Waals surface area contributed by atoms with Gasteiger partial charge in [-0.1, -0.05) is 6.08 Å². The van der Waals surface area contributed by atoms with Crippen LogP contribution in [0.5, 0.6) is 0 Å². The van der Waals surface area contributed by atoms with E-state index < -0.39 is 0 Å². The number of nitrogens with one attached hydrogen (secondary N) is 1. The Bertz CT molecular complexity index is 374. The molecule has 2 rings (SSSR count). The average molecular weight is 311 g/mol. The lowest BCUT2D eigenvalue weighted by Gasteiger charge is -2.30. The number of rotatable bonds is 6. The van der Waals surface area contributed by atoms with Crippen molar-refractivity contribution in [3.05, 3.63) is 11.8 Å². The molecule has 0 aromatic rings. The van der Waals surface area contributed by atoms with Crippen LogP contribution < -0.4 is 11.2 Å². The number of nitrogens with two attached hydrogens (primary N) is 1. The third-order valence-electron chi connectivity index (χ3n) is 4.11. The first-order valence-corrected chi connectivity index (χ1v) is 8.14. The molecule has 7 nitrogen and oxygen atoms in total. The van der Waals surface area contributed by atoms with Crippen LogP contribution in [0, 0.1) is 0 Å². The fourth-order valence-corrected chi connectivity index (χ4v) is 2.48. The van der Waals surface area contributed by atoms with Gasteiger partial charge in [0.25, 0.3) is 0 Å². The average Bonchev–Trinajstić information content (AvgIpc) is 2.57. The normalized spacial score (nSPS) is 24.8. The van der Waals surface area contributed by atoms with Gasteiger partial charge in [-0.3, -0.25) is 9.89 Å². The molecule has 2 aliphatic heterocycles. The molecule has 0 amide bonds. The van der Waals surface area contributed by atoms with Gasteiger partial charge in [-0.05, 0) is 26.7 Å². The third kappa shape index (κ3) is 5.66. The van der Waals surface area contributed by atoms with Crippen LogP contribution in [0.2, 0.25) is 0 Å². The van der Waals surface area contributed by atoms with Crippen molar-refractivity contribution < 1.29 is 9.68 Å². The number of piperidine rings is 1. The van der Waals surface area contributed by atoms with Gasteiger partial charge in [0.2, 0.25) is 0 Å². The van der Waals surface area contributed by atoms with Crippen molar-refractivity contribution in [2.24, 2.45) is 10.7 Å². The summed E-state index contributed by atoms with van der Waals surface area (Å²) in [6, 6.07) is 0.303. The van der Waals surface area contributed by atoms with E-state index in [1.165, 1.54) is 0 Å². The van der Waals surface area contributed by atoms with Crippen molar-refractivity contribution >= 4 is 6.21 Å². The van der Waals surface area contributed by atoms with Crippen molar-refractivity contribution in [3.63, 3.8) is 0 Å². The van der Waals surface area contributed by atoms with Gasteiger partial charge in [0.1, 0.15) is 0 Å². The molecule has 0 spiro atoms. The highest BCUT2D eigenvalue weighted by molar-refractivity contribution is 5.77. The van der Waals surface area contributed by atoms with Gasteiger partial charge in [-0.15, -0.1) is 0 Å². The molecule has 0 aromatic heterocycles. The Labute approximate surface area is 133 Å². The van der Waals surface area contributed by atoms with Gasteiger partial charge < -0.3 is 10.5 Å². The number of allylic oxidation sites excluding steroid dienone is 2. The molecule has 3 N–H and O–H groups in total. The van der Waals surface area contributed by atoms with E-state index in [4.69, 9.17) is 15.4 Å². The van der Waals surface area contributed by atoms with E-state index in [2.05, 4.69) is 22.3 Å². The van der Waals surface area contributed by atoms with Crippen molar-refractivity contribution in [2.45, 2.75) is 38.9 Å². The first kappa shape index (κ1) is 17.4. The van der Waals surface area contributed by atoms with Crippen LogP contribution >= 0.6 is 0 Å². The quantitative estimate of drug-likeness (QED) is 0.549. The molecule has 22 heavy (non-hydrogen) atoms. The van der Waals surface area contributed by atoms with Crippen LogP contribution in [-0.4, -0.2) is 67.8 Å². The van der Waals surface area contributed by atoms with E-state index in [9.17, 15) is 0 Å². The zero-order valence-corrected chi connectivity index (χ0v) is 13.7. The Morgan fingerprint density at radius 2 is 2.00 bits per heavy atom. The second-order valence-electron chi connectivity index (χ2n) is 5.76. The summed E-state index contributed by atoms with van der Waals surface area (Å²) in [5.74, 6) is 0. The first-order chi connectivity index (χ1) is 10.7. The monoisotopic (exact) mass is 311 g/mol. The van der Waals surface area contributed by atoms with E-state index in [0.29, 0.717) is 6.04 Å². The van der Waals surface area contributed by atoms with Crippen molar-refractivity contribution in [2.75, 3.05) is 39.4 Å². The van der Waals surface area contributed by atoms with Crippen molar-refractivity contribution in [1.82, 2.24) is 15.4 Å². The number of hydrogen-bond acceptors (Lipinski definition) is 7. The Balaban J connectivity index is 1.73. The zero-order chi connectivity index (χ0) is 15.8. The third-order valence-corrected chi connectivity index (χ3v) is 4.11. The number of aliphatic imine (C=N–C) groups is 1. The Kier molecular flexibility index (Phi) is 7.28. The predicted octanol–water partition coefficient (Wildman–Crippen LogP) is 0.499. The summed E-state index contributed by atoms with van der Waals surface area (Å²) in [5.41, 5.74) is 9.70. The molecule has 2 heterocycles. The fraction of sp³-hybridized carbons (Fsp3) is 0.800.